The second-order valence-electron chi connectivity index (χ2n) is 10.8. The van der Waals surface area contributed by atoms with Gasteiger partial charge in [-0.25, -0.2) is 14.2 Å². The van der Waals surface area contributed by atoms with Crippen LogP contribution in [0.1, 0.15) is 49.3 Å². The van der Waals surface area contributed by atoms with Crippen molar-refractivity contribution in [3.05, 3.63) is 65.2 Å². The molecule has 46 heavy (non-hydrogen) atoms. The van der Waals surface area contributed by atoms with Crippen LogP contribution in [0, 0.1) is 13.8 Å². The number of ether oxygens (including phenoxy) is 3. The number of carbonyl (C=O) groups is 1. The predicted octanol–water partition coefficient (Wildman–Crippen LogP) is -0.843. The topological polar surface area (TPSA) is 256 Å². The van der Waals surface area contributed by atoms with Crippen LogP contribution in [0.3, 0.4) is 0 Å². The molecule has 0 spiro atoms. The maximum atomic E-state index is 14.1. The van der Waals surface area contributed by atoms with Gasteiger partial charge in [0, 0.05) is 48.5 Å². The van der Waals surface area contributed by atoms with Gasteiger partial charge in [-0.3, -0.25) is 42.5 Å². The third-order valence-corrected chi connectivity index (χ3v) is 11.0. The first-order valence-corrected chi connectivity index (χ1v) is 17.6. The lowest BCUT2D eigenvalue weighted by molar-refractivity contribution is -0.143. The molecule has 0 amide bonds. The van der Waals surface area contributed by atoms with Gasteiger partial charge in [0.05, 0.1) is 19.3 Å². The Labute approximate surface area is 265 Å². The van der Waals surface area contributed by atoms with Crippen molar-refractivity contribution in [2.75, 3.05) is 32.1 Å². The first kappa shape index (κ1) is 36.0. The monoisotopic (exact) mass is 691 g/mol. The molecule has 2 aromatic heterocycles. The zero-order chi connectivity index (χ0) is 33.6. The van der Waals surface area contributed by atoms with Crippen LogP contribution in [0.2, 0.25) is 0 Å². The third kappa shape index (κ3) is 8.93. The highest BCUT2D eigenvalue weighted by atomic mass is 32.7. The number of H-pyrrole nitrogens is 2. The number of aromatic amines is 2. The smallest absolute Gasteiger partial charge is 0.389 e. The van der Waals surface area contributed by atoms with Crippen LogP contribution in [0.25, 0.3) is 0 Å². The molecule has 4 rings (SSSR count). The molecular formula is C26H38N5O13PS. The van der Waals surface area contributed by atoms with Crippen molar-refractivity contribution in [2.24, 2.45) is 5.73 Å². The summed E-state index contributed by atoms with van der Waals surface area (Å²) >= 11 is 0.705. The summed E-state index contributed by atoms with van der Waals surface area (Å²) < 4.78 is 44.7. The molecule has 2 fully saturated rings. The molecule has 2 aromatic rings. The highest BCUT2D eigenvalue weighted by molar-refractivity contribution is 8.55. The number of hydrogen-bond donors (Lipinski definition) is 5. The predicted molar refractivity (Wildman–Crippen MR) is 162 cm³/mol. The molecule has 2 saturated heterocycles. The normalized spacial score (nSPS) is 25.8. The molecule has 256 valence electrons. The summed E-state index contributed by atoms with van der Waals surface area (Å²) in [6, 6.07) is 0. The van der Waals surface area contributed by atoms with Crippen molar-refractivity contribution in [2.45, 2.75) is 76.4 Å². The number of aliphatic hydroxyl groups is 2. The number of hydrogen-bond acceptors (Lipinski definition) is 15. The number of nitrogens with one attached hydrogen (secondary N) is 2. The van der Waals surface area contributed by atoms with E-state index < -0.39 is 85.4 Å². The Morgan fingerprint density at radius 1 is 1.04 bits per heavy atom. The lowest BCUT2D eigenvalue weighted by Crippen LogP contribution is -2.33. The Balaban J connectivity index is 1.47. The van der Waals surface area contributed by atoms with E-state index >= 15 is 0 Å². The van der Waals surface area contributed by atoms with E-state index in [-0.39, 0.29) is 42.7 Å². The van der Waals surface area contributed by atoms with Gasteiger partial charge in [0.15, 0.2) is 0 Å². The molecule has 0 saturated carbocycles. The number of aryl methyl sites for hydroxylation is 2. The summed E-state index contributed by atoms with van der Waals surface area (Å²) in [6.07, 6.45) is -3.15. The van der Waals surface area contributed by atoms with Crippen LogP contribution in [0.15, 0.2) is 31.6 Å². The number of nitrogens with two attached hydrogens (primary N) is 1. The van der Waals surface area contributed by atoms with E-state index in [1.54, 1.807) is 0 Å². The summed E-state index contributed by atoms with van der Waals surface area (Å²) in [5.74, 6) is -0.508. The molecule has 0 bridgehead atoms. The number of nitrogens with zero attached hydrogens (tertiary/aromatic N) is 2. The summed E-state index contributed by atoms with van der Waals surface area (Å²) in [6.45, 7) is -2.01. The van der Waals surface area contributed by atoms with Gasteiger partial charge in [0.25, 0.3) is 11.1 Å². The summed E-state index contributed by atoms with van der Waals surface area (Å²) in [4.78, 5) is 64.6. The van der Waals surface area contributed by atoms with Gasteiger partial charge >= 0.3 is 24.1 Å². The lowest BCUT2D eigenvalue weighted by Gasteiger charge is -2.25. The second-order valence-corrected chi connectivity index (χ2v) is 14.9. The fourth-order valence-corrected chi connectivity index (χ4v) is 8.11. The number of aromatic nitrogens is 4. The minimum Gasteiger partial charge on any atom is -0.465 e. The van der Waals surface area contributed by atoms with Crippen LogP contribution in [0.4, 0.5) is 0 Å². The second kappa shape index (κ2) is 15.8. The lowest BCUT2D eigenvalue weighted by atomic mass is 10.2. The van der Waals surface area contributed by atoms with Crippen molar-refractivity contribution in [1.82, 2.24) is 19.1 Å². The molecule has 1 unspecified atom stereocenters. The Kier molecular flexibility index (Phi) is 12.4. The SMILES string of the molecule is Cc1cn([C@H]2C[C@H](OP(=O)(OC[C@H]3O[C@@H](n4cc(C)c(=O)[nH]c4=O)C[C@@H]3O)SCCOC(=O)CCCN)[C@@H](CO)O2)c(=O)[nH]c1=O. The number of carbonyl (C=O) groups excluding carboxylic acids is 1. The Hall–Kier alpha value is -2.87. The summed E-state index contributed by atoms with van der Waals surface area (Å²) in [5, 5.41) is 20.7. The molecule has 2 aliphatic rings. The fourth-order valence-electron chi connectivity index (χ4n) is 4.83. The maximum Gasteiger partial charge on any atom is 0.389 e. The van der Waals surface area contributed by atoms with Gasteiger partial charge in [0.1, 0.15) is 37.4 Å². The zero-order valence-corrected chi connectivity index (χ0v) is 26.9. The number of esters is 1. The van der Waals surface area contributed by atoms with E-state index in [1.165, 1.54) is 26.2 Å². The average molecular weight is 692 g/mol. The largest absolute Gasteiger partial charge is 0.465 e. The Bertz CT molecular complexity index is 1660. The molecule has 2 aliphatic heterocycles. The molecule has 4 heterocycles. The van der Waals surface area contributed by atoms with E-state index in [0.717, 1.165) is 9.13 Å². The Morgan fingerprint density at radius 3 is 2.22 bits per heavy atom. The van der Waals surface area contributed by atoms with Gasteiger partial charge in [-0.1, -0.05) is 0 Å². The minimum absolute atomic E-state index is 0.0201. The fraction of sp³-hybridized carbons (Fsp3) is 0.654. The molecule has 20 heteroatoms. The van der Waals surface area contributed by atoms with E-state index in [1.807, 2.05) is 0 Å². The van der Waals surface area contributed by atoms with Crippen LogP contribution in [0.5, 0.6) is 0 Å². The van der Waals surface area contributed by atoms with Gasteiger partial charge < -0.3 is 30.2 Å². The van der Waals surface area contributed by atoms with Crippen molar-refractivity contribution in [1.29, 1.82) is 0 Å². The zero-order valence-electron chi connectivity index (χ0n) is 25.2. The molecule has 0 aliphatic carbocycles. The van der Waals surface area contributed by atoms with Gasteiger partial charge in [-0.05, 0) is 38.2 Å². The standard InChI is InChI=1S/C26H38N5O13PS/c1-14-10-30(25(37)28-23(14)35)20-8-16(33)19(43-20)13-41-45(39,46-7-6-40-22(34)4-3-5-27)44-17-9-21(42-18(17)12-32)31-11-15(2)24(36)29-26(31)38/h10-11,16-21,32-33H,3-9,12-13,27H2,1-2H3,(H,28,35,37)(H,29,36,38)/t16-,17-,18+,19+,20+,21+,45?/m0/s1. The van der Waals surface area contributed by atoms with Gasteiger partial charge in [-0.15, -0.1) is 0 Å². The highest BCUT2D eigenvalue weighted by Gasteiger charge is 2.44. The quantitative estimate of drug-likeness (QED) is 0.0867. The number of rotatable bonds is 15. The van der Waals surface area contributed by atoms with E-state index in [4.69, 9.17) is 29.0 Å². The maximum absolute atomic E-state index is 14.1. The Morgan fingerprint density at radius 2 is 1.63 bits per heavy atom. The summed E-state index contributed by atoms with van der Waals surface area (Å²) in [7, 11) is 0. The van der Waals surface area contributed by atoms with Gasteiger partial charge in [0.2, 0.25) is 0 Å². The first-order valence-electron chi connectivity index (χ1n) is 14.5. The minimum atomic E-state index is -4.18. The molecular weight excluding hydrogens is 653 g/mol. The molecule has 18 nitrogen and oxygen atoms in total. The molecule has 0 radical (unpaired) electrons. The van der Waals surface area contributed by atoms with Crippen LogP contribution >= 0.6 is 18.2 Å². The highest BCUT2D eigenvalue weighted by Crippen LogP contribution is 2.63. The van der Waals surface area contributed by atoms with Crippen molar-refractivity contribution in [3.63, 3.8) is 0 Å². The van der Waals surface area contributed by atoms with E-state index in [2.05, 4.69) is 9.97 Å². The third-order valence-electron chi connectivity index (χ3n) is 7.32. The van der Waals surface area contributed by atoms with Crippen molar-refractivity contribution in [3.8, 4) is 0 Å². The van der Waals surface area contributed by atoms with Crippen LogP contribution in [-0.2, 0) is 32.6 Å². The average Bonchev–Trinajstić information content (AvgIpc) is 3.59. The number of aliphatic hydroxyl groups excluding tert-OH is 2. The van der Waals surface area contributed by atoms with Crippen molar-refractivity contribution >= 4 is 24.1 Å². The molecule has 0 aromatic carbocycles. The molecule has 6 N–H and O–H groups in total. The van der Waals surface area contributed by atoms with Gasteiger partial charge in [-0.2, -0.15) is 0 Å². The van der Waals surface area contributed by atoms with E-state index in [0.29, 0.717) is 24.3 Å². The van der Waals surface area contributed by atoms with Crippen molar-refractivity contribution < 1.29 is 42.8 Å². The summed E-state index contributed by atoms with van der Waals surface area (Å²) in [5.41, 5.74) is 3.30. The van der Waals surface area contributed by atoms with Crippen LogP contribution < -0.4 is 28.2 Å². The van der Waals surface area contributed by atoms with E-state index in [9.17, 15) is 38.8 Å². The molecule has 7 atom stereocenters. The first-order chi connectivity index (χ1) is 21.8. The van der Waals surface area contributed by atoms with Crippen LogP contribution in [-0.4, -0.2) is 91.8 Å².